The third kappa shape index (κ3) is 4.66. The molecular weight excluding hydrogens is 504 g/mol. The summed E-state index contributed by atoms with van der Waals surface area (Å²) in [5.74, 6) is 0.282. The van der Waals surface area contributed by atoms with E-state index in [1.54, 1.807) is 18.3 Å². The fraction of sp³-hybridized carbons (Fsp3) is 0.148. The van der Waals surface area contributed by atoms with Crippen molar-refractivity contribution in [3.05, 3.63) is 107 Å². The van der Waals surface area contributed by atoms with Gasteiger partial charge in [0.2, 0.25) is 5.91 Å². The minimum absolute atomic E-state index is 0.00421. The van der Waals surface area contributed by atoms with Crippen LogP contribution < -0.4 is 20.3 Å². The number of nitrogens with zero attached hydrogens (tertiary/aromatic N) is 4. The molecule has 0 bridgehead atoms. The van der Waals surface area contributed by atoms with Crippen LogP contribution in [0.1, 0.15) is 30.4 Å². The van der Waals surface area contributed by atoms with Gasteiger partial charge in [-0.1, -0.05) is 12.1 Å². The third-order valence-electron chi connectivity index (χ3n) is 6.27. The lowest BCUT2D eigenvalue weighted by Gasteiger charge is -2.29. The number of aromatic nitrogens is 2. The van der Waals surface area contributed by atoms with Crippen molar-refractivity contribution >= 4 is 40.3 Å². The average molecular weight is 529 g/mol. The summed E-state index contributed by atoms with van der Waals surface area (Å²) in [7, 11) is 1.54. The van der Waals surface area contributed by atoms with Gasteiger partial charge in [0.1, 0.15) is 11.8 Å². The fourth-order valence-electron chi connectivity index (χ4n) is 4.69. The Hall–Kier alpha value is -4.77. The number of benzene rings is 2. The van der Waals surface area contributed by atoms with Gasteiger partial charge in [-0.2, -0.15) is 0 Å². The predicted molar refractivity (Wildman–Crippen MR) is 148 cm³/mol. The Bertz CT molecular complexity index is 1520. The highest BCUT2D eigenvalue weighted by Crippen LogP contribution is 2.44. The van der Waals surface area contributed by atoms with Crippen LogP contribution in [0.5, 0.6) is 5.75 Å². The highest BCUT2D eigenvalue weighted by atomic mass is 32.1. The molecule has 2 aromatic heterocycles. The number of anilines is 2. The van der Waals surface area contributed by atoms with E-state index < -0.39 is 4.92 Å². The van der Waals surface area contributed by atoms with Crippen molar-refractivity contribution in [3.8, 4) is 11.4 Å². The first-order valence-corrected chi connectivity index (χ1v) is 12.2. The van der Waals surface area contributed by atoms with Crippen molar-refractivity contribution in [3.63, 3.8) is 0 Å². The summed E-state index contributed by atoms with van der Waals surface area (Å²) in [6.45, 7) is 1.43. The average Bonchev–Trinajstić information content (AvgIpc) is 3.53. The molecule has 1 aliphatic rings. The molecule has 0 unspecified atom stereocenters. The topological polar surface area (TPSA) is 115 Å². The molecule has 0 radical (unpaired) electrons. The normalized spacial score (nSPS) is 16.7. The largest absolute Gasteiger partial charge is 0.495 e. The van der Waals surface area contributed by atoms with Crippen LogP contribution in [0.3, 0.4) is 0 Å². The zero-order valence-corrected chi connectivity index (χ0v) is 21.4. The second-order valence-corrected chi connectivity index (χ2v) is 9.03. The molecule has 1 fully saturated rings. The van der Waals surface area contributed by atoms with E-state index in [1.165, 1.54) is 26.2 Å². The summed E-state index contributed by atoms with van der Waals surface area (Å²) in [4.78, 5) is 29.4. The van der Waals surface area contributed by atoms with Gasteiger partial charge in [0, 0.05) is 42.8 Å². The molecule has 3 heterocycles. The molecule has 4 aromatic rings. The lowest BCUT2D eigenvalue weighted by Crippen LogP contribution is -2.30. The van der Waals surface area contributed by atoms with Gasteiger partial charge in [0.05, 0.1) is 35.1 Å². The number of carbonyl (C=O) groups is 1. The standard InChI is InChI=1S/C27H24N6O4S/c1-17(34)29-22-16-19(11-12-24(22)37-2)32-26(25(30-27(32)38)21-9-3-4-13-28-21)23-10-6-14-31(23)18-7-5-8-20(15-18)33(35)36/h3-16,25-26H,1-2H3,(H,29,34)(H,30,38)/t25-,26+/m1/s1. The Labute approximate surface area is 224 Å². The number of thiocarbonyl (C=S) groups is 1. The number of pyridine rings is 1. The van der Waals surface area contributed by atoms with E-state index >= 15 is 0 Å². The first-order valence-electron chi connectivity index (χ1n) is 11.8. The number of ether oxygens (including phenoxy) is 1. The zero-order valence-electron chi connectivity index (χ0n) is 20.6. The lowest BCUT2D eigenvalue weighted by molar-refractivity contribution is -0.384. The van der Waals surface area contributed by atoms with Crippen molar-refractivity contribution in [2.24, 2.45) is 0 Å². The van der Waals surface area contributed by atoms with E-state index in [0.717, 1.165) is 17.1 Å². The maximum atomic E-state index is 11.9. The van der Waals surface area contributed by atoms with Gasteiger partial charge in [-0.05, 0) is 60.7 Å². The quantitative estimate of drug-likeness (QED) is 0.197. The maximum Gasteiger partial charge on any atom is 0.271 e. The Kier molecular flexibility index (Phi) is 6.75. The minimum atomic E-state index is -0.414. The van der Waals surface area contributed by atoms with E-state index in [2.05, 4.69) is 15.6 Å². The zero-order chi connectivity index (χ0) is 26.8. The number of hydrogen-bond acceptors (Lipinski definition) is 6. The van der Waals surface area contributed by atoms with Gasteiger partial charge < -0.3 is 24.8 Å². The molecule has 10 nitrogen and oxygen atoms in total. The Morgan fingerprint density at radius 1 is 1.11 bits per heavy atom. The Morgan fingerprint density at radius 2 is 1.95 bits per heavy atom. The molecule has 11 heteroatoms. The number of nitrogens with one attached hydrogen (secondary N) is 2. The summed E-state index contributed by atoms with van der Waals surface area (Å²) < 4.78 is 7.35. The van der Waals surface area contributed by atoms with Gasteiger partial charge in [-0.3, -0.25) is 19.9 Å². The van der Waals surface area contributed by atoms with Crippen molar-refractivity contribution in [2.45, 2.75) is 19.0 Å². The molecule has 2 N–H and O–H groups in total. The van der Waals surface area contributed by atoms with Crippen LogP contribution in [0.4, 0.5) is 17.1 Å². The molecule has 2 atom stereocenters. The number of amides is 1. The molecule has 1 saturated heterocycles. The Morgan fingerprint density at radius 3 is 2.66 bits per heavy atom. The van der Waals surface area contributed by atoms with Crippen LogP contribution in [0, 0.1) is 10.1 Å². The van der Waals surface area contributed by atoms with Crippen LogP contribution in [-0.2, 0) is 4.79 Å². The summed E-state index contributed by atoms with van der Waals surface area (Å²) >= 11 is 5.83. The highest BCUT2D eigenvalue weighted by molar-refractivity contribution is 7.80. The molecule has 5 rings (SSSR count). The van der Waals surface area contributed by atoms with Gasteiger partial charge in [-0.25, -0.2) is 0 Å². The first kappa shape index (κ1) is 24.9. The first-order chi connectivity index (χ1) is 18.4. The monoisotopic (exact) mass is 528 g/mol. The number of rotatable bonds is 7. The van der Waals surface area contributed by atoms with Crippen molar-refractivity contribution in [2.75, 3.05) is 17.3 Å². The number of carbonyl (C=O) groups excluding carboxylic acids is 1. The summed E-state index contributed by atoms with van der Waals surface area (Å²) in [5.41, 5.74) is 3.49. The van der Waals surface area contributed by atoms with Crippen LogP contribution in [0.25, 0.3) is 5.69 Å². The molecule has 0 saturated carbocycles. The van der Waals surface area contributed by atoms with Crippen LogP contribution in [0.2, 0.25) is 0 Å². The smallest absolute Gasteiger partial charge is 0.271 e. The number of hydrogen-bond donors (Lipinski definition) is 2. The number of methoxy groups -OCH3 is 1. The van der Waals surface area contributed by atoms with Crippen LogP contribution in [0.15, 0.2) is 85.2 Å². The van der Waals surface area contributed by atoms with Crippen molar-refractivity contribution < 1.29 is 14.5 Å². The van der Waals surface area contributed by atoms with E-state index in [-0.39, 0.29) is 23.7 Å². The summed E-state index contributed by atoms with van der Waals surface area (Å²) in [6, 6.07) is 20.7. The van der Waals surface area contributed by atoms with E-state index in [4.69, 9.17) is 17.0 Å². The highest BCUT2D eigenvalue weighted by Gasteiger charge is 2.42. The molecule has 192 valence electrons. The van der Waals surface area contributed by atoms with Gasteiger partial charge in [-0.15, -0.1) is 0 Å². The molecule has 0 aliphatic carbocycles. The SMILES string of the molecule is COc1ccc(N2C(=S)N[C@H](c3ccccn3)[C@@H]2c2cccn2-c2cccc([N+](=O)[O-])c2)cc1NC(C)=O. The maximum absolute atomic E-state index is 11.9. The number of non-ortho nitro benzene ring substituents is 1. The summed E-state index contributed by atoms with van der Waals surface area (Å²) in [6.07, 6.45) is 3.59. The molecular formula is C27H24N6O4S. The summed E-state index contributed by atoms with van der Waals surface area (Å²) in [5, 5.41) is 18.1. The van der Waals surface area contributed by atoms with Crippen LogP contribution >= 0.6 is 12.2 Å². The molecule has 1 aliphatic heterocycles. The number of nitro groups is 1. The number of nitro benzene ring substituents is 1. The van der Waals surface area contributed by atoms with Gasteiger partial charge in [0.25, 0.3) is 5.69 Å². The van der Waals surface area contributed by atoms with E-state index in [0.29, 0.717) is 22.2 Å². The second-order valence-electron chi connectivity index (χ2n) is 8.64. The molecule has 2 aromatic carbocycles. The molecule has 38 heavy (non-hydrogen) atoms. The predicted octanol–water partition coefficient (Wildman–Crippen LogP) is 4.92. The molecule has 0 spiro atoms. The van der Waals surface area contributed by atoms with Gasteiger partial charge in [0.15, 0.2) is 5.11 Å². The minimum Gasteiger partial charge on any atom is -0.495 e. The van der Waals surface area contributed by atoms with Crippen LogP contribution in [-0.4, -0.2) is 32.6 Å². The lowest BCUT2D eigenvalue weighted by atomic mass is 10.0. The Balaban J connectivity index is 1.67. The van der Waals surface area contributed by atoms with E-state index in [1.807, 2.05) is 64.2 Å². The fourth-order valence-corrected chi connectivity index (χ4v) is 5.04. The van der Waals surface area contributed by atoms with Gasteiger partial charge >= 0.3 is 0 Å². The third-order valence-corrected chi connectivity index (χ3v) is 6.59. The molecule has 1 amide bonds. The van der Waals surface area contributed by atoms with E-state index in [9.17, 15) is 14.9 Å². The second kappa shape index (κ2) is 10.3. The van der Waals surface area contributed by atoms with Crippen molar-refractivity contribution in [1.29, 1.82) is 0 Å². The van der Waals surface area contributed by atoms with Crippen molar-refractivity contribution in [1.82, 2.24) is 14.9 Å².